The summed E-state index contributed by atoms with van der Waals surface area (Å²) in [4.78, 5) is 3.71. The van der Waals surface area contributed by atoms with Crippen molar-refractivity contribution < 1.29 is 18.3 Å². The number of aliphatic hydroxyl groups excluding tert-OH is 1. The van der Waals surface area contributed by atoms with Crippen molar-refractivity contribution >= 4 is 11.8 Å². The molecule has 1 aromatic rings. The van der Waals surface area contributed by atoms with Gasteiger partial charge in [0.15, 0.2) is 0 Å². The van der Waals surface area contributed by atoms with Crippen LogP contribution in [0.15, 0.2) is 18.5 Å². The van der Waals surface area contributed by atoms with Gasteiger partial charge in [0.05, 0.1) is 11.7 Å². The highest BCUT2D eigenvalue weighted by atomic mass is 32.2. The van der Waals surface area contributed by atoms with Crippen LogP contribution in [0, 0.1) is 0 Å². The number of pyridine rings is 1. The molecule has 0 saturated heterocycles. The minimum Gasteiger partial charge on any atom is -0.387 e. The van der Waals surface area contributed by atoms with Crippen LogP contribution in [0.25, 0.3) is 0 Å². The largest absolute Gasteiger partial charge is 0.416 e. The van der Waals surface area contributed by atoms with Gasteiger partial charge in [0.2, 0.25) is 0 Å². The lowest BCUT2D eigenvalue weighted by Crippen LogP contribution is -2.15. The molecule has 1 heterocycles. The second-order valence-corrected chi connectivity index (χ2v) is 6.40. The Balaban J connectivity index is 2.00. The van der Waals surface area contributed by atoms with Gasteiger partial charge in [-0.3, -0.25) is 4.98 Å². The highest BCUT2D eigenvalue weighted by Gasteiger charge is 2.35. The highest BCUT2D eigenvalue weighted by molar-refractivity contribution is 7.99. The minimum atomic E-state index is -4.45. The zero-order valence-electron chi connectivity index (χ0n) is 11.1. The van der Waals surface area contributed by atoms with Crippen molar-refractivity contribution in [1.82, 2.24) is 4.98 Å². The monoisotopic (exact) mass is 305 g/mol. The second-order valence-electron chi connectivity index (χ2n) is 5.07. The minimum absolute atomic E-state index is 0.122. The molecule has 20 heavy (non-hydrogen) atoms. The molecule has 0 aliphatic heterocycles. The Morgan fingerprint density at radius 3 is 2.65 bits per heavy atom. The van der Waals surface area contributed by atoms with E-state index < -0.39 is 17.8 Å². The lowest BCUT2D eigenvalue weighted by Gasteiger charge is -2.23. The van der Waals surface area contributed by atoms with Crippen LogP contribution in [0.2, 0.25) is 0 Å². The molecule has 1 N–H and O–H groups in total. The fourth-order valence-electron chi connectivity index (χ4n) is 2.48. The third-order valence-corrected chi connectivity index (χ3v) is 5.01. The molecule has 0 spiro atoms. The summed E-state index contributed by atoms with van der Waals surface area (Å²) in [7, 11) is 0. The molecule has 0 radical (unpaired) electrons. The summed E-state index contributed by atoms with van der Waals surface area (Å²) in [5.74, 6) is 0.291. The number of aromatic nitrogens is 1. The summed E-state index contributed by atoms with van der Waals surface area (Å²) in [5, 5.41) is 10.5. The lowest BCUT2D eigenvalue weighted by molar-refractivity contribution is -0.139. The summed E-state index contributed by atoms with van der Waals surface area (Å²) in [6, 6.07) is 0.920. The van der Waals surface area contributed by atoms with Crippen molar-refractivity contribution in [1.29, 1.82) is 0 Å². The molecule has 0 aromatic carbocycles. The van der Waals surface area contributed by atoms with Crippen molar-refractivity contribution in [2.24, 2.45) is 0 Å². The highest BCUT2D eigenvalue weighted by Crippen LogP contribution is 2.36. The fraction of sp³-hybridized carbons (Fsp3) is 0.643. The van der Waals surface area contributed by atoms with Gasteiger partial charge in [-0.05, 0) is 18.9 Å². The normalized spacial score (nSPS) is 19.0. The van der Waals surface area contributed by atoms with Crippen LogP contribution in [0.1, 0.15) is 49.3 Å². The first-order chi connectivity index (χ1) is 9.48. The van der Waals surface area contributed by atoms with Gasteiger partial charge < -0.3 is 5.11 Å². The predicted molar refractivity (Wildman–Crippen MR) is 73.5 cm³/mol. The Kier molecular flexibility index (Phi) is 5.32. The number of alkyl halides is 3. The Morgan fingerprint density at radius 1 is 1.30 bits per heavy atom. The standard InChI is InChI=1S/C14H18F3NOS/c15-14(16,17)12-6-7-18-8-11(12)13(19)9-20-10-4-2-1-3-5-10/h6-8,10,13,19H,1-5,9H2. The van der Waals surface area contributed by atoms with E-state index in [1.807, 2.05) is 0 Å². The summed E-state index contributed by atoms with van der Waals surface area (Å²) in [6.07, 6.45) is 2.43. The molecule has 1 aromatic heterocycles. The van der Waals surface area contributed by atoms with Crippen LogP contribution in [-0.2, 0) is 6.18 Å². The van der Waals surface area contributed by atoms with Gasteiger partial charge in [0.25, 0.3) is 0 Å². The average molecular weight is 305 g/mol. The molecule has 0 bridgehead atoms. The van der Waals surface area contributed by atoms with Crippen molar-refractivity contribution in [3.63, 3.8) is 0 Å². The molecule has 1 fully saturated rings. The first kappa shape index (κ1) is 15.6. The summed E-state index contributed by atoms with van der Waals surface area (Å²) in [5.41, 5.74) is -0.910. The number of halogens is 3. The number of hydrogen-bond donors (Lipinski definition) is 1. The molecule has 112 valence electrons. The maximum absolute atomic E-state index is 12.9. The van der Waals surface area contributed by atoms with Crippen molar-refractivity contribution in [3.05, 3.63) is 29.6 Å². The number of hydrogen-bond acceptors (Lipinski definition) is 3. The topological polar surface area (TPSA) is 33.1 Å². The van der Waals surface area contributed by atoms with E-state index in [9.17, 15) is 18.3 Å². The summed E-state index contributed by atoms with van der Waals surface area (Å²) >= 11 is 1.57. The number of rotatable bonds is 4. The van der Waals surface area contributed by atoms with E-state index in [2.05, 4.69) is 4.98 Å². The number of nitrogens with zero attached hydrogens (tertiary/aromatic N) is 1. The maximum Gasteiger partial charge on any atom is 0.416 e. The Morgan fingerprint density at radius 2 is 2.00 bits per heavy atom. The Hall–Kier alpha value is -0.750. The third kappa shape index (κ3) is 4.12. The van der Waals surface area contributed by atoms with E-state index in [0.717, 1.165) is 31.3 Å². The van der Waals surface area contributed by atoms with Crippen LogP contribution >= 0.6 is 11.8 Å². The maximum atomic E-state index is 12.9. The third-order valence-electron chi connectivity index (χ3n) is 3.56. The van der Waals surface area contributed by atoms with Gasteiger partial charge in [-0.15, -0.1) is 0 Å². The van der Waals surface area contributed by atoms with Crippen LogP contribution in [0.4, 0.5) is 13.2 Å². The van der Waals surface area contributed by atoms with E-state index >= 15 is 0 Å². The van der Waals surface area contributed by atoms with Gasteiger partial charge in [0.1, 0.15) is 0 Å². The Labute approximate surface area is 120 Å². The van der Waals surface area contributed by atoms with Crippen LogP contribution in [0.5, 0.6) is 0 Å². The molecule has 1 atom stereocenters. The van der Waals surface area contributed by atoms with Crippen LogP contribution < -0.4 is 0 Å². The molecule has 2 nitrogen and oxygen atoms in total. The number of aliphatic hydroxyl groups is 1. The van der Waals surface area contributed by atoms with Gasteiger partial charge in [0, 0.05) is 29.0 Å². The molecule has 1 saturated carbocycles. The van der Waals surface area contributed by atoms with Crippen molar-refractivity contribution in [2.45, 2.75) is 49.6 Å². The Bertz CT molecular complexity index is 433. The van der Waals surface area contributed by atoms with Crippen LogP contribution in [0.3, 0.4) is 0 Å². The first-order valence-electron chi connectivity index (χ1n) is 6.79. The molecule has 1 aliphatic carbocycles. The van der Waals surface area contributed by atoms with E-state index in [1.54, 1.807) is 11.8 Å². The predicted octanol–water partition coefficient (Wildman–Crippen LogP) is 4.20. The molecule has 2 rings (SSSR count). The molecular formula is C14H18F3NOS. The molecule has 1 unspecified atom stereocenters. The average Bonchev–Trinajstić information content (AvgIpc) is 2.45. The first-order valence-corrected chi connectivity index (χ1v) is 7.84. The van der Waals surface area contributed by atoms with Gasteiger partial charge in [-0.25, -0.2) is 0 Å². The van der Waals surface area contributed by atoms with E-state index in [-0.39, 0.29) is 5.56 Å². The lowest BCUT2D eigenvalue weighted by atomic mass is 10.0. The van der Waals surface area contributed by atoms with E-state index in [4.69, 9.17) is 0 Å². The van der Waals surface area contributed by atoms with Crippen LogP contribution in [-0.4, -0.2) is 21.1 Å². The van der Waals surface area contributed by atoms with Gasteiger partial charge in [-0.2, -0.15) is 24.9 Å². The summed E-state index contributed by atoms with van der Waals surface area (Å²) in [6.45, 7) is 0. The second kappa shape index (κ2) is 6.80. The van der Waals surface area contributed by atoms with Gasteiger partial charge in [-0.1, -0.05) is 19.3 Å². The quantitative estimate of drug-likeness (QED) is 0.905. The van der Waals surface area contributed by atoms with Crippen molar-refractivity contribution in [2.75, 3.05) is 5.75 Å². The van der Waals surface area contributed by atoms with Crippen molar-refractivity contribution in [3.8, 4) is 0 Å². The summed E-state index contributed by atoms with van der Waals surface area (Å²) < 4.78 is 38.6. The molecule has 0 amide bonds. The van der Waals surface area contributed by atoms with Gasteiger partial charge >= 0.3 is 6.18 Å². The molecular weight excluding hydrogens is 287 g/mol. The molecule has 1 aliphatic rings. The fourth-order valence-corrected chi connectivity index (χ4v) is 3.78. The smallest absolute Gasteiger partial charge is 0.387 e. The molecule has 6 heteroatoms. The van der Waals surface area contributed by atoms with E-state index in [1.165, 1.54) is 19.3 Å². The zero-order valence-corrected chi connectivity index (χ0v) is 11.9. The van der Waals surface area contributed by atoms with E-state index in [0.29, 0.717) is 11.0 Å². The number of thioether (sulfide) groups is 1. The zero-order chi connectivity index (χ0) is 14.6. The SMILES string of the molecule is OC(CSC1CCCCC1)c1cnccc1C(F)(F)F.